The first kappa shape index (κ1) is 16.2. The number of rotatable bonds is 3. The van der Waals surface area contributed by atoms with Crippen LogP contribution in [0.5, 0.6) is 0 Å². The third-order valence-corrected chi connectivity index (χ3v) is 5.77. The van der Waals surface area contributed by atoms with E-state index in [0.29, 0.717) is 32.4 Å². The van der Waals surface area contributed by atoms with E-state index >= 15 is 0 Å². The van der Waals surface area contributed by atoms with Gasteiger partial charge in [-0.15, -0.1) is 0 Å². The van der Waals surface area contributed by atoms with E-state index in [2.05, 4.69) is 0 Å². The number of hydrogen-bond donors (Lipinski definition) is 1. The molecule has 0 aliphatic carbocycles. The lowest BCUT2D eigenvalue weighted by molar-refractivity contribution is -0.147. The quantitative estimate of drug-likeness (QED) is 0.789. The van der Waals surface area contributed by atoms with E-state index < -0.39 is 21.4 Å². The van der Waals surface area contributed by atoms with Crippen molar-refractivity contribution in [3.8, 4) is 0 Å². The minimum atomic E-state index is -3.28. The standard InChI is InChI=1S/C13H22N2O5S/c1-13(12(17)18)5-7-14(9-13)11(16)10-4-3-6-15(8-10)21(2,19)20/h10H,3-9H2,1-2H3,(H,17,18)/t10-,13-/m0/s1. The molecule has 2 saturated heterocycles. The zero-order valence-electron chi connectivity index (χ0n) is 12.4. The summed E-state index contributed by atoms with van der Waals surface area (Å²) in [5.74, 6) is -1.36. The van der Waals surface area contributed by atoms with Gasteiger partial charge in [0.05, 0.1) is 17.6 Å². The number of aliphatic carboxylic acids is 1. The third-order valence-electron chi connectivity index (χ3n) is 4.50. The maximum atomic E-state index is 12.5. The highest BCUT2D eigenvalue weighted by atomic mass is 32.2. The average Bonchev–Trinajstić information content (AvgIpc) is 2.81. The Hall–Kier alpha value is -1.15. The van der Waals surface area contributed by atoms with Crippen LogP contribution in [0.25, 0.3) is 0 Å². The van der Waals surface area contributed by atoms with Gasteiger partial charge in [-0.2, -0.15) is 0 Å². The lowest BCUT2D eigenvalue weighted by Crippen LogP contribution is -2.46. The minimum absolute atomic E-state index is 0.117. The molecule has 7 nitrogen and oxygen atoms in total. The van der Waals surface area contributed by atoms with Crippen LogP contribution in [0.1, 0.15) is 26.2 Å². The van der Waals surface area contributed by atoms with Crippen molar-refractivity contribution < 1.29 is 23.1 Å². The van der Waals surface area contributed by atoms with Crippen LogP contribution in [-0.4, -0.2) is 67.0 Å². The first-order valence-corrected chi connectivity index (χ1v) is 8.96. The predicted molar refractivity (Wildman–Crippen MR) is 76.1 cm³/mol. The first-order valence-electron chi connectivity index (χ1n) is 7.11. The van der Waals surface area contributed by atoms with Crippen LogP contribution in [0.3, 0.4) is 0 Å². The van der Waals surface area contributed by atoms with Crippen LogP contribution < -0.4 is 0 Å². The smallest absolute Gasteiger partial charge is 0.311 e. The van der Waals surface area contributed by atoms with Crippen LogP contribution >= 0.6 is 0 Å². The molecule has 0 bridgehead atoms. The lowest BCUT2D eigenvalue weighted by Gasteiger charge is -2.32. The summed E-state index contributed by atoms with van der Waals surface area (Å²) in [5.41, 5.74) is -0.888. The molecule has 2 heterocycles. The van der Waals surface area contributed by atoms with Gasteiger partial charge in [-0.1, -0.05) is 0 Å². The van der Waals surface area contributed by atoms with Crippen molar-refractivity contribution in [3.05, 3.63) is 0 Å². The first-order chi connectivity index (χ1) is 9.63. The van der Waals surface area contributed by atoms with Crippen molar-refractivity contribution in [2.24, 2.45) is 11.3 Å². The molecule has 0 unspecified atom stereocenters. The highest BCUT2D eigenvalue weighted by Gasteiger charge is 2.44. The fourth-order valence-electron chi connectivity index (χ4n) is 3.03. The molecule has 0 spiro atoms. The van der Waals surface area contributed by atoms with Crippen LogP contribution in [0, 0.1) is 11.3 Å². The number of carboxylic acid groups (broad SMARTS) is 1. The van der Waals surface area contributed by atoms with Crippen LogP contribution in [0.2, 0.25) is 0 Å². The Kier molecular flexibility index (Phi) is 4.30. The van der Waals surface area contributed by atoms with E-state index in [4.69, 9.17) is 0 Å². The van der Waals surface area contributed by atoms with Gasteiger partial charge in [-0.3, -0.25) is 9.59 Å². The molecule has 0 radical (unpaired) electrons. The van der Waals surface area contributed by atoms with Gasteiger partial charge in [-0.05, 0) is 26.2 Å². The Morgan fingerprint density at radius 1 is 1.29 bits per heavy atom. The Balaban J connectivity index is 2.03. The summed E-state index contributed by atoms with van der Waals surface area (Å²) in [6.07, 6.45) is 2.91. The summed E-state index contributed by atoms with van der Waals surface area (Å²) < 4.78 is 24.5. The second kappa shape index (κ2) is 5.57. The monoisotopic (exact) mass is 318 g/mol. The van der Waals surface area contributed by atoms with Crippen LogP contribution in [0.4, 0.5) is 0 Å². The SMILES string of the molecule is C[C@]1(C(=O)O)CCN(C(=O)[C@H]2CCCN(S(C)(=O)=O)C2)C1. The average molecular weight is 318 g/mol. The van der Waals surface area contributed by atoms with Gasteiger partial charge in [0.25, 0.3) is 0 Å². The summed E-state index contributed by atoms with van der Waals surface area (Å²) in [6, 6.07) is 0. The van der Waals surface area contributed by atoms with Crippen molar-refractivity contribution in [1.29, 1.82) is 0 Å². The van der Waals surface area contributed by atoms with E-state index in [9.17, 15) is 23.1 Å². The number of carbonyl (C=O) groups excluding carboxylic acids is 1. The predicted octanol–water partition coefficient (Wildman–Crippen LogP) is -0.0188. The molecule has 1 N–H and O–H groups in total. The van der Waals surface area contributed by atoms with Gasteiger partial charge in [0.15, 0.2) is 0 Å². The van der Waals surface area contributed by atoms with E-state index in [1.165, 1.54) is 4.31 Å². The molecule has 0 aromatic rings. The van der Waals surface area contributed by atoms with Gasteiger partial charge < -0.3 is 10.0 Å². The van der Waals surface area contributed by atoms with Crippen LogP contribution in [-0.2, 0) is 19.6 Å². The molecule has 8 heteroatoms. The summed E-state index contributed by atoms with van der Waals surface area (Å²) in [4.78, 5) is 25.3. The molecule has 2 rings (SSSR count). The minimum Gasteiger partial charge on any atom is -0.481 e. The Morgan fingerprint density at radius 3 is 2.48 bits per heavy atom. The number of piperidine rings is 1. The van der Waals surface area contributed by atoms with E-state index in [1.807, 2.05) is 0 Å². The van der Waals surface area contributed by atoms with Crippen molar-refractivity contribution in [2.45, 2.75) is 26.2 Å². The molecule has 0 aromatic heterocycles. The second-order valence-electron chi connectivity index (χ2n) is 6.34. The number of carbonyl (C=O) groups is 2. The molecule has 0 aromatic carbocycles. The van der Waals surface area contributed by atoms with Gasteiger partial charge in [-0.25, -0.2) is 12.7 Å². The Labute approximate surface area is 125 Å². The number of carboxylic acids is 1. The molecule has 2 aliphatic rings. The summed E-state index contributed by atoms with van der Waals surface area (Å²) in [6.45, 7) is 2.94. The van der Waals surface area contributed by atoms with E-state index in [1.54, 1.807) is 11.8 Å². The summed E-state index contributed by atoms with van der Waals surface area (Å²) in [7, 11) is -3.28. The van der Waals surface area contributed by atoms with Gasteiger partial charge in [0.2, 0.25) is 15.9 Å². The maximum Gasteiger partial charge on any atom is 0.311 e. The van der Waals surface area contributed by atoms with E-state index in [-0.39, 0.29) is 24.9 Å². The molecule has 1 amide bonds. The maximum absolute atomic E-state index is 12.5. The van der Waals surface area contributed by atoms with Crippen molar-refractivity contribution in [3.63, 3.8) is 0 Å². The summed E-state index contributed by atoms with van der Waals surface area (Å²) in [5, 5.41) is 9.21. The number of hydrogen-bond acceptors (Lipinski definition) is 4. The van der Waals surface area contributed by atoms with Crippen LogP contribution in [0.15, 0.2) is 0 Å². The molecule has 2 aliphatic heterocycles. The fourth-order valence-corrected chi connectivity index (χ4v) is 3.94. The van der Waals surface area contributed by atoms with Crippen molar-refractivity contribution >= 4 is 21.9 Å². The molecule has 0 saturated carbocycles. The topological polar surface area (TPSA) is 95.0 Å². The van der Waals surface area contributed by atoms with Gasteiger partial charge in [0.1, 0.15) is 0 Å². The zero-order chi connectivity index (χ0) is 15.8. The van der Waals surface area contributed by atoms with Crippen molar-refractivity contribution in [1.82, 2.24) is 9.21 Å². The number of likely N-dealkylation sites (tertiary alicyclic amines) is 1. The molecular formula is C13H22N2O5S. The number of sulfonamides is 1. The summed E-state index contributed by atoms with van der Waals surface area (Å²) >= 11 is 0. The normalized spacial score (nSPS) is 31.3. The highest BCUT2D eigenvalue weighted by molar-refractivity contribution is 7.88. The third kappa shape index (κ3) is 3.37. The Bertz CT molecular complexity index is 547. The number of amides is 1. The van der Waals surface area contributed by atoms with Gasteiger partial charge in [0, 0.05) is 26.2 Å². The molecule has 21 heavy (non-hydrogen) atoms. The zero-order valence-corrected chi connectivity index (χ0v) is 13.2. The fraction of sp³-hybridized carbons (Fsp3) is 0.846. The highest BCUT2D eigenvalue weighted by Crippen LogP contribution is 2.32. The second-order valence-corrected chi connectivity index (χ2v) is 8.32. The molecule has 2 atom stereocenters. The lowest BCUT2D eigenvalue weighted by atomic mass is 9.90. The molecule has 2 fully saturated rings. The molecule has 120 valence electrons. The van der Waals surface area contributed by atoms with Gasteiger partial charge >= 0.3 is 5.97 Å². The number of nitrogens with zero attached hydrogens (tertiary/aromatic N) is 2. The molecular weight excluding hydrogens is 296 g/mol. The van der Waals surface area contributed by atoms with E-state index in [0.717, 1.165) is 6.26 Å². The largest absolute Gasteiger partial charge is 0.481 e. The van der Waals surface area contributed by atoms with Crippen molar-refractivity contribution in [2.75, 3.05) is 32.4 Å². The Morgan fingerprint density at radius 2 is 1.95 bits per heavy atom.